The molecule has 0 fully saturated rings. The van der Waals surface area contributed by atoms with Crippen LogP contribution in [0.4, 0.5) is 4.79 Å². The summed E-state index contributed by atoms with van der Waals surface area (Å²) in [5.74, 6) is -0.764. The van der Waals surface area contributed by atoms with Crippen molar-refractivity contribution in [2.24, 2.45) is 5.92 Å². The van der Waals surface area contributed by atoms with Crippen molar-refractivity contribution in [1.29, 1.82) is 0 Å². The minimum absolute atomic E-state index is 0.280. The summed E-state index contributed by atoms with van der Waals surface area (Å²) in [5.41, 5.74) is 3.58. The number of hydrogen-bond acceptors (Lipinski definition) is 4. The summed E-state index contributed by atoms with van der Waals surface area (Å²) in [6, 6.07) is 15.0. The van der Waals surface area contributed by atoms with Crippen LogP contribution in [0.15, 0.2) is 60.7 Å². The zero-order valence-electron chi connectivity index (χ0n) is 16.4. The standard InChI is InChI=1S/C22H25N3O4/c1-15(2)14-19(17-11-8-16(9-12-17)10-13-20(26)25-29)23-22(28)24-21(27)18-6-4-3-5-7-18/h3-13,15,19,29H,14H2,1-2H3,(H,25,26)(H2,23,24,27,28). The van der Waals surface area contributed by atoms with Crippen molar-refractivity contribution in [3.05, 3.63) is 77.4 Å². The lowest BCUT2D eigenvalue weighted by molar-refractivity contribution is -0.124. The average molecular weight is 395 g/mol. The Morgan fingerprint density at radius 1 is 1.00 bits per heavy atom. The largest absolute Gasteiger partial charge is 0.331 e. The van der Waals surface area contributed by atoms with Crippen LogP contribution < -0.4 is 16.1 Å². The van der Waals surface area contributed by atoms with E-state index in [2.05, 4.69) is 10.6 Å². The first-order valence-corrected chi connectivity index (χ1v) is 9.28. The highest BCUT2D eigenvalue weighted by molar-refractivity contribution is 6.04. The molecule has 0 saturated heterocycles. The van der Waals surface area contributed by atoms with E-state index in [1.54, 1.807) is 48.5 Å². The van der Waals surface area contributed by atoms with Crippen LogP contribution in [-0.4, -0.2) is 23.1 Å². The lowest BCUT2D eigenvalue weighted by atomic mass is 9.96. The lowest BCUT2D eigenvalue weighted by Crippen LogP contribution is -2.41. The second-order valence-electron chi connectivity index (χ2n) is 6.95. The molecule has 2 aromatic carbocycles. The Balaban J connectivity index is 2.06. The lowest BCUT2D eigenvalue weighted by Gasteiger charge is -2.21. The Morgan fingerprint density at radius 2 is 1.66 bits per heavy atom. The Hall–Kier alpha value is -3.45. The van der Waals surface area contributed by atoms with Gasteiger partial charge in [-0.15, -0.1) is 0 Å². The fourth-order valence-electron chi connectivity index (χ4n) is 2.76. The number of amides is 4. The monoisotopic (exact) mass is 395 g/mol. The van der Waals surface area contributed by atoms with Crippen molar-refractivity contribution in [2.75, 3.05) is 0 Å². The van der Waals surface area contributed by atoms with Crippen LogP contribution >= 0.6 is 0 Å². The maximum Gasteiger partial charge on any atom is 0.322 e. The second kappa shape index (κ2) is 10.8. The number of hydrogen-bond donors (Lipinski definition) is 4. The summed E-state index contributed by atoms with van der Waals surface area (Å²) in [5, 5.41) is 13.7. The predicted octanol–water partition coefficient (Wildman–Crippen LogP) is 3.43. The number of imide groups is 1. The van der Waals surface area contributed by atoms with Gasteiger partial charge in [-0.3, -0.25) is 20.1 Å². The van der Waals surface area contributed by atoms with Crippen molar-refractivity contribution in [3.8, 4) is 0 Å². The maximum absolute atomic E-state index is 12.3. The minimum Gasteiger partial charge on any atom is -0.331 e. The minimum atomic E-state index is -0.617. The molecule has 0 radical (unpaired) electrons. The third kappa shape index (κ3) is 7.23. The SMILES string of the molecule is CC(C)CC(NC(=O)NC(=O)c1ccccc1)c1ccc(C=CC(=O)NO)cc1. The highest BCUT2D eigenvalue weighted by Gasteiger charge is 2.18. The van der Waals surface area contributed by atoms with Gasteiger partial charge in [0.25, 0.3) is 11.8 Å². The first-order chi connectivity index (χ1) is 13.9. The van der Waals surface area contributed by atoms with Gasteiger partial charge in [-0.05, 0) is 41.7 Å². The van der Waals surface area contributed by atoms with Crippen molar-refractivity contribution < 1.29 is 19.6 Å². The number of urea groups is 1. The Bertz CT molecular complexity index is 861. The van der Waals surface area contributed by atoms with Gasteiger partial charge in [0, 0.05) is 11.6 Å². The molecule has 7 nitrogen and oxygen atoms in total. The smallest absolute Gasteiger partial charge is 0.322 e. The number of carbonyl (C=O) groups excluding carboxylic acids is 3. The van der Waals surface area contributed by atoms with Gasteiger partial charge in [-0.2, -0.15) is 0 Å². The Kier molecular flexibility index (Phi) is 8.12. The normalized spacial score (nSPS) is 11.9. The van der Waals surface area contributed by atoms with E-state index in [9.17, 15) is 14.4 Å². The Labute approximate surface area is 169 Å². The molecular formula is C22H25N3O4. The first-order valence-electron chi connectivity index (χ1n) is 9.28. The number of benzene rings is 2. The van der Waals surface area contributed by atoms with Crippen LogP contribution in [0.3, 0.4) is 0 Å². The molecule has 1 atom stereocenters. The molecule has 4 N–H and O–H groups in total. The van der Waals surface area contributed by atoms with Gasteiger partial charge < -0.3 is 5.32 Å². The molecule has 152 valence electrons. The van der Waals surface area contributed by atoms with Gasteiger partial charge in [-0.25, -0.2) is 10.3 Å². The summed E-state index contributed by atoms with van der Waals surface area (Å²) in [6.07, 6.45) is 3.46. The summed E-state index contributed by atoms with van der Waals surface area (Å²) in [4.78, 5) is 35.6. The van der Waals surface area contributed by atoms with Crippen molar-refractivity contribution in [1.82, 2.24) is 16.1 Å². The second-order valence-corrected chi connectivity index (χ2v) is 6.95. The van der Waals surface area contributed by atoms with E-state index in [1.807, 2.05) is 26.0 Å². The Morgan fingerprint density at radius 3 is 2.24 bits per heavy atom. The molecule has 0 spiro atoms. The van der Waals surface area contributed by atoms with Gasteiger partial charge in [-0.1, -0.05) is 56.3 Å². The van der Waals surface area contributed by atoms with Gasteiger partial charge in [0.05, 0.1) is 6.04 Å². The number of rotatable bonds is 7. The number of carbonyl (C=O) groups is 3. The highest BCUT2D eigenvalue weighted by Crippen LogP contribution is 2.22. The topological polar surface area (TPSA) is 108 Å². The number of hydroxylamine groups is 1. The molecular weight excluding hydrogens is 370 g/mol. The maximum atomic E-state index is 12.3. The van der Waals surface area contributed by atoms with Gasteiger partial charge in [0.1, 0.15) is 0 Å². The van der Waals surface area contributed by atoms with E-state index >= 15 is 0 Å². The molecule has 0 aliphatic rings. The summed E-state index contributed by atoms with van der Waals surface area (Å²) >= 11 is 0. The fourth-order valence-corrected chi connectivity index (χ4v) is 2.76. The number of nitrogens with one attached hydrogen (secondary N) is 3. The van der Waals surface area contributed by atoms with Gasteiger partial charge in [0.2, 0.25) is 0 Å². The molecule has 0 heterocycles. The van der Waals surface area contributed by atoms with Crippen molar-refractivity contribution >= 4 is 23.9 Å². The molecule has 29 heavy (non-hydrogen) atoms. The van der Waals surface area contributed by atoms with E-state index in [4.69, 9.17) is 5.21 Å². The van der Waals surface area contributed by atoms with Gasteiger partial charge in [0.15, 0.2) is 0 Å². The molecule has 2 rings (SSSR count). The molecule has 0 aliphatic heterocycles. The molecule has 2 aromatic rings. The van der Waals surface area contributed by atoms with E-state index in [0.29, 0.717) is 17.9 Å². The molecule has 1 unspecified atom stereocenters. The zero-order valence-corrected chi connectivity index (χ0v) is 16.4. The van der Waals surface area contributed by atoms with Crippen LogP contribution in [0.1, 0.15) is 47.8 Å². The van der Waals surface area contributed by atoms with E-state index < -0.39 is 17.8 Å². The molecule has 0 aromatic heterocycles. The van der Waals surface area contributed by atoms with E-state index in [1.165, 1.54) is 11.6 Å². The summed E-state index contributed by atoms with van der Waals surface area (Å²) in [7, 11) is 0. The van der Waals surface area contributed by atoms with E-state index in [-0.39, 0.29) is 6.04 Å². The molecule has 0 bridgehead atoms. The molecule has 7 heteroatoms. The van der Waals surface area contributed by atoms with Crippen LogP contribution in [0.5, 0.6) is 0 Å². The van der Waals surface area contributed by atoms with Crippen LogP contribution in [0.25, 0.3) is 6.08 Å². The molecule has 0 saturated carbocycles. The molecule has 0 aliphatic carbocycles. The highest BCUT2D eigenvalue weighted by atomic mass is 16.5. The van der Waals surface area contributed by atoms with Crippen LogP contribution in [0.2, 0.25) is 0 Å². The predicted molar refractivity (Wildman–Crippen MR) is 110 cm³/mol. The van der Waals surface area contributed by atoms with Crippen LogP contribution in [0, 0.1) is 5.92 Å². The van der Waals surface area contributed by atoms with Crippen molar-refractivity contribution in [2.45, 2.75) is 26.3 Å². The van der Waals surface area contributed by atoms with Gasteiger partial charge >= 0.3 is 6.03 Å². The average Bonchev–Trinajstić information content (AvgIpc) is 2.72. The third-order valence-electron chi connectivity index (χ3n) is 4.15. The third-order valence-corrected chi connectivity index (χ3v) is 4.15. The van der Waals surface area contributed by atoms with Crippen LogP contribution in [-0.2, 0) is 4.79 Å². The summed E-state index contributed by atoms with van der Waals surface area (Å²) < 4.78 is 0. The molecule has 4 amide bonds. The summed E-state index contributed by atoms with van der Waals surface area (Å²) in [6.45, 7) is 4.10. The first kappa shape index (κ1) is 21.8. The quantitative estimate of drug-likeness (QED) is 0.327. The van der Waals surface area contributed by atoms with Crippen molar-refractivity contribution in [3.63, 3.8) is 0 Å². The zero-order chi connectivity index (χ0) is 21.2. The van der Waals surface area contributed by atoms with E-state index in [0.717, 1.165) is 11.1 Å². The fraction of sp³-hybridized carbons (Fsp3) is 0.227.